The average Bonchev–Trinajstić information content (AvgIpc) is 3.32. The average molecular weight is 363 g/mol. The van der Waals surface area contributed by atoms with Gasteiger partial charge in [-0.2, -0.15) is 4.52 Å². The van der Waals surface area contributed by atoms with Crippen LogP contribution in [0.15, 0.2) is 36.7 Å². The molecule has 2 aliphatic heterocycles. The molecule has 0 aliphatic carbocycles. The summed E-state index contributed by atoms with van der Waals surface area (Å²) < 4.78 is 1.76. The van der Waals surface area contributed by atoms with Crippen molar-refractivity contribution in [3.8, 4) is 0 Å². The lowest BCUT2D eigenvalue weighted by atomic mass is 9.92. The zero-order valence-corrected chi connectivity index (χ0v) is 15.7. The van der Waals surface area contributed by atoms with E-state index >= 15 is 0 Å². The Balaban J connectivity index is 1.28. The van der Waals surface area contributed by atoms with Crippen LogP contribution in [0.25, 0.3) is 5.65 Å². The fourth-order valence-corrected chi connectivity index (χ4v) is 4.60. The van der Waals surface area contributed by atoms with Gasteiger partial charge in [0.25, 0.3) is 0 Å². The number of likely N-dealkylation sites (tertiary alicyclic amines) is 1. The summed E-state index contributed by atoms with van der Waals surface area (Å²) in [6, 6.07) is 11.0. The molecule has 27 heavy (non-hydrogen) atoms. The molecule has 3 aromatic rings. The predicted octanol–water partition coefficient (Wildman–Crippen LogP) is 1.97. The Labute approximate surface area is 159 Å². The lowest BCUT2D eigenvalue weighted by Gasteiger charge is -2.39. The molecule has 5 rings (SSSR count). The van der Waals surface area contributed by atoms with Crippen LogP contribution in [0.2, 0.25) is 0 Å². The van der Waals surface area contributed by atoms with Crippen molar-refractivity contribution in [2.45, 2.75) is 32.2 Å². The smallest absolute Gasteiger partial charge is 0.177 e. The summed E-state index contributed by atoms with van der Waals surface area (Å²) in [6.45, 7) is 6.48. The Hall–Kier alpha value is -2.54. The van der Waals surface area contributed by atoms with E-state index in [-0.39, 0.29) is 0 Å². The first kappa shape index (κ1) is 16.6. The Morgan fingerprint density at radius 3 is 2.96 bits per heavy atom. The molecule has 2 atom stereocenters. The highest BCUT2D eigenvalue weighted by Crippen LogP contribution is 2.33. The summed E-state index contributed by atoms with van der Waals surface area (Å²) in [5.74, 6) is 1.83. The van der Waals surface area contributed by atoms with Gasteiger partial charge in [0.1, 0.15) is 12.1 Å². The zero-order chi connectivity index (χ0) is 18.2. The second-order valence-corrected chi connectivity index (χ2v) is 7.73. The van der Waals surface area contributed by atoms with Gasteiger partial charge in [0.2, 0.25) is 0 Å². The molecule has 3 aromatic heterocycles. The number of hydrogen-bond acceptors (Lipinski definition) is 6. The Morgan fingerprint density at radius 1 is 1.11 bits per heavy atom. The Kier molecular flexibility index (Phi) is 4.24. The fourth-order valence-electron chi connectivity index (χ4n) is 4.60. The van der Waals surface area contributed by atoms with Gasteiger partial charge in [0.05, 0.1) is 0 Å². The first-order valence-corrected chi connectivity index (χ1v) is 9.85. The van der Waals surface area contributed by atoms with Gasteiger partial charge < -0.3 is 4.90 Å². The van der Waals surface area contributed by atoms with Crippen molar-refractivity contribution < 1.29 is 0 Å². The highest BCUT2D eigenvalue weighted by atomic mass is 15.4. The van der Waals surface area contributed by atoms with Gasteiger partial charge in [-0.15, -0.1) is 15.3 Å². The highest BCUT2D eigenvalue weighted by Gasteiger charge is 2.38. The predicted molar refractivity (Wildman–Crippen MR) is 104 cm³/mol. The normalized spacial score (nSPS) is 23.1. The van der Waals surface area contributed by atoms with Crippen molar-refractivity contribution in [1.29, 1.82) is 0 Å². The van der Waals surface area contributed by atoms with E-state index in [0.717, 1.165) is 49.1 Å². The summed E-state index contributed by atoms with van der Waals surface area (Å²) in [4.78, 5) is 9.75. The molecule has 0 spiro atoms. The molecule has 0 bridgehead atoms. The van der Waals surface area contributed by atoms with Crippen LogP contribution in [0, 0.1) is 12.8 Å². The van der Waals surface area contributed by atoms with Crippen LogP contribution < -0.4 is 4.90 Å². The number of pyridine rings is 1. The minimum Gasteiger partial charge on any atom is -0.354 e. The molecule has 0 aromatic carbocycles. The highest BCUT2D eigenvalue weighted by molar-refractivity contribution is 5.45. The standard InChI is InChI=1S/C20H25N7/c1-15-3-2-4-17(22-15)9-12-25-10-7-16-8-11-26(13-18(16)25)20-6-5-19-23-21-14-27(19)24-20/h2-6,14,16,18H,7-13H2,1H3. The largest absolute Gasteiger partial charge is 0.354 e. The van der Waals surface area contributed by atoms with Crippen LogP contribution in [-0.2, 0) is 6.42 Å². The van der Waals surface area contributed by atoms with Crippen molar-refractivity contribution in [3.63, 3.8) is 0 Å². The van der Waals surface area contributed by atoms with E-state index in [1.54, 1.807) is 10.8 Å². The summed E-state index contributed by atoms with van der Waals surface area (Å²) in [5.41, 5.74) is 3.10. The maximum atomic E-state index is 4.69. The summed E-state index contributed by atoms with van der Waals surface area (Å²) in [7, 11) is 0. The number of nitrogens with zero attached hydrogens (tertiary/aromatic N) is 7. The number of rotatable bonds is 4. The first-order valence-electron chi connectivity index (χ1n) is 9.85. The summed E-state index contributed by atoms with van der Waals surface area (Å²) >= 11 is 0. The molecule has 0 N–H and O–H groups in total. The number of aromatic nitrogens is 5. The van der Waals surface area contributed by atoms with Crippen molar-refractivity contribution in [3.05, 3.63) is 48.0 Å². The van der Waals surface area contributed by atoms with E-state index in [2.05, 4.69) is 56.2 Å². The molecular weight excluding hydrogens is 338 g/mol. The van der Waals surface area contributed by atoms with Crippen LogP contribution in [0.4, 0.5) is 5.82 Å². The van der Waals surface area contributed by atoms with Crippen LogP contribution in [0.5, 0.6) is 0 Å². The molecule has 0 radical (unpaired) electrons. The molecule has 7 nitrogen and oxygen atoms in total. The topological polar surface area (TPSA) is 62.5 Å². The maximum Gasteiger partial charge on any atom is 0.177 e. The summed E-state index contributed by atoms with van der Waals surface area (Å²) in [5, 5.41) is 12.7. The van der Waals surface area contributed by atoms with Gasteiger partial charge in [0, 0.05) is 43.5 Å². The first-order chi connectivity index (χ1) is 13.3. The van der Waals surface area contributed by atoms with E-state index < -0.39 is 0 Å². The molecule has 140 valence electrons. The maximum absolute atomic E-state index is 4.69. The van der Waals surface area contributed by atoms with Gasteiger partial charge >= 0.3 is 0 Å². The van der Waals surface area contributed by atoms with E-state index in [0.29, 0.717) is 6.04 Å². The van der Waals surface area contributed by atoms with Gasteiger partial charge in [0.15, 0.2) is 5.65 Å². The molecule has 2 fully saturated rings. The minimum absolute atomic E-state index is 0.613. The quantitative estimate of drug-likeness (QED) is 0.706. The lowest BCUT2D eigenvalue weighted by molar-refractivity contribution is 0.209. The molecule has 7 heteroatoms. The van der Waals surface area contributed by atoms with Crippen molar-refractivity contribution in [2.75, 3.05) is 31.1 Å². The van der Waals surface area contributed by atoms with Crippen molar-refractivity contribution in [1.82, 2.24) is 29.7 Å². The molecular formula is C20H25N7. The third-order valence-electron chi connectivity index (χ3n) is 6.05. The molecule has 2 aliphatic rings. The van der Waals surface area contributed by atoms with E-state index in [1.165, 1.54) is 25.1 Å². The number of anilines is 1. The van der Waals surface area contributed by atoms with E-state index in [1.807, 2.05) is 6.07 Å². The van der Waals surface area contributed by atoms with Crippen LogP contribution in [0.1, 0.15) is 24.2 Å². The second-order valence-electron chi connectivity index (χ2n) is 7.73. The molecule has 2 saturated heterocycles. The number of fused-ring (bicyclic) bond motifs is 2. The van der Waals surface area contributed by atoms with Crippen molar-refractivity contribution in [2.24, 2.45) is 5.92 Å². The summed E-state index contributed by atoms with van der Waals surface area (Å²) in [6.07, 6.45) is 5.25. The number of hydrogen-bond donors (Lipinski definition) is 0. The Bertz CT molecular complexity index is 937. The van der Waals surface area contributed by atoms with Gasteiger partial charge in [-0.1, -0.05) is 6.07 Å². The van der Waals surface area contributed by atoms with Gasteiger partial charge in [-0.25, -0.2) is 0 Å². The SMILES string of the molecule is Cc1cccc(CCN2CCC3CCN(c4ccc5nncn5n4)CC32)n1. The number of aryl methyl sites for hydroxylation is 1. The van der Waals surface area contributed by atoms with Crippen LogP contribution in [0.3, 0.4) is 0 Å². The third kappa shape index (κ3) is 3.27. The lowest BCUT2D eigenvalue weighted by Crippen LogP contribution is -2.49. The third-order valence-corrected chi connectivity index (χ3v) is 6.05. The number of piperidine rings is 1. The minimum atomic E-state index is 0.613. The second kappa shape index (κ2) is 6.88. The van der Waals surface area contributed by atoms with Gasteiger partial charge in [-0.3, -0.25) is 9.88 Å². The van der Waals surface area contributed by atoms with E-state index in [4.69, 9.17) is 5.10 Å². The molecule has 0 amide bonds. The monoisotopic (exact) mass is 363 g/mol. The zero-order valence-electron chi connectivity index (χ0n) is 15.7. The molecule has 0 saturated carbocycles. The molecule has 5 heterocycles. The molecule has 2 unspecified atom stereocenters. The van der Waals surface area contributed by atoms with E-state index in [9.17, 15) is 0 Å². The van der Waals surface area contributed by atoms with Crippen LogP contribution >= 0.6 is 0 Å². The van der Waals surface area contributed by atoms with Crippen LogP contribution in [-0.4, -0.2) is 61.9 Å². The fraction of sp³-hybridized carbons (Fsp3) is 0.500. The van der Waals surface area contributed by atoms with Gasteiger partial charge in [-0.05, 0) is 56.5 Å². The van der Waals surface area contributed by atoms with Crippen molar-refractivity contribution >= 4 is 11.5 Å². The Morgan fingerprint density at radius 2 is 2.04 bits per heavy atom.